The van der Waals surface area contributed by atoms with Crippen LogP contribution in [0.4, 0.5) is 24.5 Å². The van der Waals surface area contributed by atoms with Gasteiger partial charge >= 0.3 is 6.18 Å². The summed E-state index contributed by atoms with van der Waals surface area (Å²) in [6, 6.07) is 19.5. The molecule has 0 radical (unpaired) electrons. The molecule has 1 heterocycles. The van der Waals surface area contributed by atoms with E-state index in [0.29, 0.717) is 47.0 Å². The highest BCUT2D eigenvalue weighted by molar-refractivity contribution is 6.37. The molecule has 0 bridgehead atoms. The molecular weight excluding hydrogens is 481 g/mol. The first-order chi connectivity index (χ1) is 17.8. The Kier molecular flexibility index (Phi) is 8.31. The molecule has 1 aliphatic rings. The predicted molar refractivity (Wildman–Crippen MR) is 139 cm³/mol. The predicted octanol–water partition coefficient (Wildman–Crippen LogP) is 6.27. The van der Waals surface area contributed by atoms with E-state index >= 15 is 0 Å². The average molecular weight is 511 g/mol. The molecule has 194 valence electrons. The highest BCUT2D eigenvalue weighted by Gasteiger charge is 2.34. The quantitative estimate of drug-likeness (QED) is 0.238. The maximum absolute atomic E-state index is 13.5. The summed E-state index contributed by atoms with van der Waals surface area (Å²) < 4.78 is 50.5. The van der Waals surface area contributed by atoms with Crippen LogP contribution in [0.25, 0.3) is 11.6 Å². The first kappa shape index (κ1) is 26.4. The number of halogens is 3. The van der Waals surface area contributed by atoms with E-state index < -0.39 is 11.7 Å². The molecule has 0 aliphatic carbocycles. The highest BCUT2D eigenvalue weighted by atomic mass is 19.4. The van der Waals surface area contributed by atoms with Gasteiger partial charge in [-0.15, -0.1) is 0 Å². The van der Waals surface area contributed by atoms with Crippen LogP contribution in [0, 0.1) is 0 Å². The zero-order valence-corrected chi connectivity index (χ0v) is 20.8. The number of benzene rings is 3. The monoisotopic (exact) mass is 510 g/mol. The summed E-state index contributed by atoms with van der Waals surface area (Å²) in [4.78, 5) is 17.2. The molecule has 3 aromatic rings. The zero-order chi connectivity index (χ0) is 26.4. The lowest BCUT2D eigenvalue weighted by atomic mass is 10.0. The minimum absolute atomic E-state index is 0.300. The van der Waals surface area contributed by atoms with Crippen molar-refractivity contribution in [2.45, 2.75) is 12.6 Å². The summed E-state index contributed by atoms with van der Waals surface area (Å²) >= 11 is 0. The molecule has 37 heavy (non-hydrogen) atoms. The summed E-state index contributed by atoms with van der Waals surface area (Å²) in [6.07, 6.45) is -2.08. The first-order valence-corrected chi connectivity index (χ1v) is 12.0. The first-order valence-electron chi connectivity index (χ1n) is 12.0. The number of nitrogens with zero attached hydrogens (tertiary/aromatic N) is 2. The van der Waals surface area contributed by atoms with Crippen LogP contribution in [0.5, 0.6) is 5.75 Å². The van der Waals surface area contributed by atoms with Crippen molar-refractivity contribution in [1.82, 2.24) is 4.90 Å². The van der Waals surface area contributed by atoms with E-state index in [9.17, 15) is 18.0 Å². The average Bonchev–Trinajstić information content (AvgIpc) is 3.16. The Balaban J connectivity index is 1.49. The van der Waals surface area contributed by atoms with E-state index in [-0.39, 0.29) is 5.91 Å². The van der Waals surface area contributed by atoms with Gasteiger partial charge in [-0.3, -0.25) is 9.69 Å². The lowest BCUT2D eigenvalue weighted by Crippen LogP contribution is -2.25. The maximum Gasteiger partial charge on any atom is 0.416 e. The Labute approximate surface area is 214 Å². The molecule has 8 heteroatoms. The van der Waals surface area contributed by atoms with Gasteiger partial charge in [-0.2, -0.15) is 13.2 Å². The van der Waals surface area contributed by atoms with E-state index in [1.54, 1.807) is 30.2 Å². The third-order valence-corrected chi connectivity index (χ3v) is 6.12. The van der Waals surface area contributed by atoms with Crippen molar-refractivity contribution in [3.05, 3.63) is 89.5 Å². The highest BCUT2D eigenvalue weighted by Crippen LogP contribution is 2.42. The minimum Gasteiger partial charge on any atom is -0.494 e. The summed E-state index contributed by atoms with van der Waals surface area (Å²) in [6.45, 7) is 3.00. The summed E-state index contributed by atoms with van der Waals surface area (Å²) in [7, 11) is 3.72. The third kappa shape index (κ3) is 6.39. The van der Waals surface area contributed by atoms with Crippen LogP contribution < -0.4 is 9.64 Å². The van der Waals surface area contributed by atoms with Crippen molar-refractivity contribution in [1.29, 1.82) is 0 Å². The Bertz CT molecular complexity index is 1260. The number of carbonyl (C=O) groups excluding carboxylic acids is 1. The van der Waals surface area contributed by atoms with Crippen molar-refractivity contribution in [2.75, 3.05) is 45.4 Å². The normalized spacial score (nSPS) is 14.5. The van der Waals surface area contributed by atoms with Crippen molar-refractivity contribution in [3.8, 4) is 5.75 Å². The lowest BCUT2D eigenvalue weighted by molar-refractivity contribution is -0.137. The number of hydrogen-bond acceptors (Lipinski definition) is 4. The van der Waals surface area contributed by atoms with Gasteiger partial charge in [0.15, 0.2) is 0 Å². The summed E-state index contributed by atoms with van der Waals surface area (Å²) in [5.74, 6) is 0.398. The van der Waals surface area contributed by atoms with Crippen LogP contribution in [0.15, 0.2) is 72.8 Å². The summed E-state index contributed by atoms with van der Waals surface area (Å²) in [5, 5.41) is 0. The second kappa shape index (κ2) is 11.6. The van der Waals surface area contributed by atoms with Crippen molar-refractivity contribution >= 4 is 28.9 Å². The number of ether oxygens (including phenoxy) is 2. The molecule has 1 aliphatic heterocycles. The van der Waals surface area contributed by atoms with Gasteiger partial charge < -0.3 is 14.4 Å². The van der Waals surface area contributed by atoms with Crippen LogP contribution in [0.1, 0.15) is 23.1 Å². The van der Waals surface area contributed by atoms with Gasteiger partial charge in [0, 0.05) is 31.5 Å². The lowest BCUT2D eigenvalue weighted by Gasteiger charge is -2.18. The molecule has 0 N–H and O–H groups in total. The van der Waals surface area contributed by atoms with E-state index in [0.717, 1.165) is 31.6 Å². The topological polar surface area (TPSA) is 42.0 Å². The number of hydrogen-bond donors (Lipinski definition) is 0. The van der Waals surface area contributed by atoms with Gasteiger partial charge in [0.25, 0.3) is 5.91 Å². The van der Waals surface area contributed by atoms with E-state index in [1.807, 2.05) is 43.4 Å². The van der Waals surface area contributed by atoms with Gasteiger partial charge in [0.2, 0.25) is 0 Å². The Morgan fingerprint density at radius 2 is 1.70 bits per heavy atom. The molecule has 0 atom stereocenters. The van der Waals surface area contributed by atoms with Crippen LogP contribution in [-0.4, -0.2) is 51.3 Å². The number of likely N-dealkylation sites (N-methyl/N-ethyl adjacent to an activating group) is 1. The number of para-hydroxylation sites is 1. The van der Waals surface area contributed by atoms with Gasteiger partial charge in [0.1, 0.15) is 5.75 Å². The Morgan fingerprint density at radius 3 is 2.43 bits per heavy atom. The van der Waals surface area contributed by atoms with Gasteiger partial charge in [-0.25, -0.2) is 0 Å². The van der Waals surface area contributed by atoms with Crippen molar-refractivity contribution in [2.24, 2.45) is 0 Å². The van der Waals surface area contributed by atoms with Crippen LogP contribution in [0.2, 0.25) is 0 Å². The zero-order valence-electron chi connectivity index (χ0n) is 20.8. The largest absolute Gasteiger partial charge is 0.494 e. The molecule has 0 aromatic heterocycles. The number of carbonyl (C=O) groups is 1. The number of methoxy groups -OCH3 is 1. The maximum atomic E-state index is 13.5. The fraction of sp³-hybridized carbons (Fsp3) is 0.276. The SMILES string of the molecule is COCCN(C)CCCOc1ccc(N2C(=O)/C(=C\c3cccc(C(F)(F)F)c3)c3ccccc32)cc1. The van der Waals surface area contributed by atoms with Gasteiger partial charge in [-0.05, 0) is 67.6 Å². The van der Waals surface area contributed by atoms with Crippen LogP contribution in [0.3, 0.4) is 0 Å². The molecule has 3 aromatic carbocycles. The van der Waals surface area contributed by atoms with Crippen molar-refractivity contribution in [3.63, 3.8) is 0 Å². The van der Waals surface area contributed by atoms with Gasteiger partial charge in [-0.1, -0.05) is 30.3 Å². The van der Waals surface area contributed by atoms with Crippen LogP contribution >= 0.6 is 0 Å². The molecule has 0 saturated heterocycles. The van der Waals surface area contributed by atoms with E-state index in [1.165, 1.54) is 12.1 Å². The molecule has 5 nitrogen and oxygen atoms in total. The Hall–Kier alpha value is -3.62. The molecule has 0 spiro atoms. The van der Waals surface area contributed by atoms with Crippen LogP contribution in [-0.2, 0) is 15.7 Å². The molecule has 4 rings (SSSR count). The molecule has 1 amide bonds. The summed E-state index contributed by atoms with van der Waals surface area (Å²) in [5.41, 5.74) is 1.90. The third-order valence-electron chi connectivity index (χ3n) is 6.12. The second-order valence-corrected chi connectivity index (χ2v) is 8.83. The number of rotatable bonds is 10. The van der Waals surface area contributed by atoms with E-state index in [2.05, 4.69) is 4.90 Å². The molecular formula is C29H29F3N2O3. The smallest absolute Gasteiger partial charge is 0.416 e. The second-order valence-electron chi connectivity index (χ2n) is 8.83. The minimum atomic E-state index is -4.46. The van der Waals surface area contributed by atoms with E-state index in [4.69, 9.17) is 9.47 Å². The number of fused-ring (bicyclic) bond motifs is 1. The standard InChI is InChI=1S/C29H29F3N2O3/c1-33(16-18-36-2)15-6-17-37-24-13-11-23(12-14-24)34-27-10-4-3-9-25(27)26(28(34)35)20-21-7-5-8-22(19-21)29(30,31)32/h3-5,7-14,19-20H,6,15-18H2,1-2H3/b26-20-. The Morgan fingerprint density at radius 1 is 0.946 bits per heavy atom. The number of anilines is 2. The molecule has 0 saturated carbocycles. The van der Waals surface area contributed by atoms with Crippen molar-refractivity contribution < 1.29 is 27.4 Å². The fourth-order valence-electron chi connectivity index (χ4n) is 4.18. The molecule has 0 unspecified atom stereocenters. The molecule has 0 fully saturated rings. The fourth-order valence-corrected chi connectivity index (χ4v) is 4.18. The number of alkyl halides is 3. The van der Waals surface area contributed by atoms with Gasteiger partial charge in [0.05, 0.1) is 30.0 Å². The number of amides is 1.